The topological polar surface area (TPSA) is 68.3 Å². The van der Waals surface area contributed by atoms with Gasteiger partial charge in [0.15, 0.2) is 0 Å². The van der Waals surface area contributed by atoms with Crippen LogP contribution in [0.1, 0.15) is 26.4 Å². The van der Waals surface area contributed by atoms with Crippen LogP contribution in [0.5, 0.6) is 0 Å². The minimum Gasteiger partial charge on any atom is -0.465 e. The molecule has 0 bridgehead atoms. The number of aryl methyl sites for hydroxylation is 1. The van der Waals surface area contributed by atoms with Gasteiger partial charge in [-0.1, -0.05) is 11.6 Å². The number of nitrogens with zero attached hydrogens (tertiary/aromatic N) is 1. The minimum absolute atomic E-state index is 0.273. The molecule has 2 aromatic rings. The van der Waals surface area contributed by atoms with Crippen LogP contribution in [0.3, 0.4) is 0 Å². The molecule has 0 saturated carbocycles. The third-order valence-corrected chi connectivity index (χ3v) is 3.11. The van der Waals surface area contributed by atoms with Crippen LogP contribution >= 0.6 is 11.6 Å². The summed E-state index contributed by atoms with van der Waals surface area (Å²) < 4.78 is 4.63. The van der Waals surface area contributed by atoms with E-state index in [1.54, 1.807) is 18.3 Å². The number of benzene rings is 1. The van der Waals surface area contributed by atoms with E-state index in [2.05, 4.69) is 15.0 Å². The molecule has 0 fully saturated rings. The van der Waals surface area contributed by atoms with Gasteiger partial charge in [0.05, 0.1) is 23.4 Å². The summed E-state index contributed by atoms with van der Waals surface area (Å²) in [6, 6.07) is 7.96. The Morgan fingerprint density at radius 3 is 2.67 bits per heavy atom. The second kappa shape index (κ2) is 6.37. The van der Waals surface area contributed by atoms with Crippen LogP contribution in [0, 0.1) is 6.92 Å². The number of hydrogen-bond donors (Lipinski definition) is 1. The number of pyridine rings is 1. The molecule has 0 aliphatic carbocycles. The van der Waals surface area contributed by atoms with Crippen molar-refractivity contribution >= 4 is 29.2 Å². The number of carbonyl (C=O) groups is 2. The molecule has 1 aromatic carbocycles. The Kier molecular flexibility index (Phi) is 4.55. The summed E-state index contributed by atoms with van der Waals surface area (Å²) >= 11 is 6.02. The summed E-state index contributed by atoms with van der Waals surface area (Å²) in [5.74, 6) is -0.904. The smallest absolute Gasteiger partial charge is 0.337 e. The maximum atomic E-state index is 12.1. The molecular weight excluding hydrogens is 292 g/mol. The Morgan fingerprint density at radius 2 is 2.00 bits per heavy atom. The van der Waals surface area contributed by atoms with Crippen LogP contribution in [-0.4, -0.2) is 24.0 Å². The molecule has 108 valence electrons. The Morgan fingerprint density at radius 1 is 1.24 bits per heavy atom. The van der Waals surface area contributed by atoms with Gasteiger partial charge in [0.2, 0.25) is 0 Å². The molecule has 0 aliphatic rings. The van der Waals surface area contributed by atoms with E-state index in [-0.39, 0.29) is 5.69 Å². The van der Waals surface area contributed by atoms with Gasteiger partial charge in [-0.05, 0) is 42.8 Å². The largest absolute Gasteiger partial charge is 0.465 e. The zero-order chi connectivity index (χ0) is 15.4. The van der Waals surface area contributed by atoms with Crippen molar-refractivity contribution in [3.63, 3.8) is 0 Å². The average molecular weight is 305 g/mol. The van der Waals surface area contributed by atoms with Crippen molar-refractivity contribution in [3.8, 4) is 0 Å². The maximum Gasteiger partial charge on any atom is 0.337 e. The molecule has 1 N–H and O–H groups in total. The molecule has 1 amide bonds. The standard InChI is InChI=1S/C15H13ClN2O3/c1-9-5-6-17-13(7-9)14(19)18-12-8-10(15(20)21-2)3-4-11(12)16/h3-8H,1-2H3,(H,18,19). The molecule has 21 heavy (non-hydrogen) atoms. The molecule has 1 heterocycles. The van der Waals surface area contributed by atoms with Gasteiger partial charge < -0.3 is 10.1 Å². The molecule has 0 radical (unpaired) electrons. The number of rotatable bonds is 3. The Labute approximate surface area is 126 Å². The predicted molar refractivity (Wildman–Crippen MR) is 79.7 cm³/mol. The van der Waals surface area contributed by atoms with E-state index < -0.39 is 11.9 Å². The number of aromatic nitrogens is 1. The summed E-state index contributed by atoms with van der Waals surface area (Å²) in [5.41, 5.74) is 1.82. The number of carbonyl (C=O) groups excluding carboxylic acids is 2. The van der Waals surface area contributed by atoms with E-state index in [1.807, 2.05) is 6.92 Å². The first-order valence-corrected chi connectivity index (χ1v) is 6.51. The van der Waals surface area contributed by atoms with Crippen molar-refractivity contribution in [1.29, 1.82) is 0 Å². The molecule has 5 nitrogen and oxygen atoms in total. The fourth-order valence-corrected chi connectivity index (χ4v) is 1.88. The summed E-state index contributed by atoms with van der Waals surface area (Å²) in [7, 11) is 1.28. The number of hydrogen-bond acceptors (Lipinski definition) is 4. The first-order valence-electron chi connectivity index (χ1n) is 6.13. The number of halogens is 1. The Bertz CT molecular complexity index is 701. The summed E-state index contributed by atoms with van der Waals surface area (Å²) in [4.78, 5) is 27.6. The van der Waals surface area contributed by atoms with Crippen molar-refractivity contribution in [1.82, 2.24) is 4.98 Å². The van der Waals surface area contributed by atoms with E-state index in [0.717, 1.165) is 5.56 Å². The lowest BCUT2D eigenvalue weighted by molar-refractivity contribution is 0.0600. The van der Waals surface area contributed by atoms with Crippen LogP contribution < -0.4 is 5.32 Å². The highest BCUT2D eigenvalue weighted by molar-refractivity contribution is 6.34. The Hall–Kier alpha value is -2.40. The van der Waals surface area contributed by atoms with Crippen molar-refractivity contribution < 1.29 is 14.3 Å². The number of amides is 1. The number of anilines is 1. The Balaban J connectivity index is 2.26. The van der Waals surface area contributed by atoms with Gasteiger partial charge >= 0.3 is 5.97 Å². The minimum atomic E-state index is -0.504. The maximum absolute atomic E-state index is 12.1. The molecule has 0 spiro atoms. The van der Waals surface area contributed by atoms with Crippen molar-refractivity contribution in [3.05, 3.63) is 58.4 Å². The number of methoxy groups -OCH3 is 1. The normalized spacial score (nSPS) is 10.0. The first kappa shape index (κ1) is 15.0. The molecule has 0 saturated heterocycles. The number of ether oxygens (including phenoxy) is 1. The third-order valence-electron chi connectivity index (χ3n) is 2.78. The quantitative estimate of drug-likeness (QED) is 0.885. The van der Waals surface area contributed by atoms with Gasteiger partial charge in [-0.25, -0.2) is 4.79 Å². The number of nitrogens with one attached hydrogen (secondary N) is 1. The van der Waals surface area contributed by atoms with E-state index in [9.17, 15) is 9.59 Å². The molecule has 0 atom stereocenters. The average Bonchev–Trinajstić information content (AvgIpc) is 2.48. The highest BCUT2D eigenvalue weighted by atomic mass is 35.5. The lowest BCUT2D eigenvalue weighted by Gasteiger charge is -2.09. The van der Waals surface area contributed by atoms with Gasteiger partial charge in [-0.2, -0.15) is 0 Å². The fraction of sp³-hybridized carbons (Fsp3) is 0.133. The van der Waals surface area contributed by atoms with Crippen molar-refractivity contribution in [2.75, 3.05) is 12.4 Å². The van der Waals surface area contributed by atoms with Crippen molar-refractivity contribution in [2.24, 2.45) is 0 Å². The second-order valence-electron chi connectivity index (χ2n) is 4.36. The van der Waals surface area contributed by atoms with Crippen LogP contribution in [0.25, 0.3) is 0 Å². The first-order chi connectivity index (χ1) is 10.0. The van der Waals surface area contributed by atoms with Gasteiger partial charge in [0.25, 0.3) is 5.91 Å². The molecule has 0 unspecified atom stereocenters. The van der Waals surface area contributed by atoms with Gasteiger partial charge in [-0.3, -0.25) is 9.78 Å². The van der Waals surface area contributed by atoms with Crippen LogP contribution in [0.15, 0.2) is 36.5 Å². The van der Waals surface area contributed by atoms with E-state index in [1.165, 1.54) is 25.3 Å². The van der Waals surface area contributed by atoms with E-state index >= 15 is 0 Å². The van der Waals surface area contributed by atoms with E-state index in [0.29, 0.717) is 16.3 Å². The summed E-state index contributed by atoms with van der Waals surface area (Å²) in [5, 5.41) is 2.95. The van der Waals surface area contributed by atoms with Crippen LogP contribution in [0.4, 0.5) is 5.69 Å². The fourth-order valence-electron chi connectivity index (χ4n) is 1.71. The monoisotopic (exact) mass is 304 g/mol. The molecule has 0 aliphatic heterocycles. The van der Waals surface area contributed by atoms with Crippen LogP contribution in [0.2, 0.25) is 5.02 Å². The zero-order valence-corrected chi connectivity index (χ0v) is 12.3. The highest BCUT2D eigenvalue weighted by Crippen LogP contribution is 2.24. The lowest BCUT2D eigenvalue weighted by atomic mass is 10.2. The molecule has 2 rings (SSSR count). The summed E-state index contributed by atoms with van der Waals surface area (Å²) in [6.45, 7) is 1.86. The zero-order valence-electron chi connectivity index (χ0n) is 11.5. The lowest BCUT2D eigenvalue weighted by Crippen LogP contribution is -2.14. The second-order valence-corrected chi connectivity index (χ2v) is 4.77. The third kappa shape index (κ3) is 3.58. The highest BCUT2D eigenvalue weighted by Gasteiger charge is 2.13. The number of esters is 1. The van der Waals surface area contributed by atoms with Crippen molar-refractivity contribution in [2.45, 2.75) is 6.92 Å². The SMILES string of the molecule is COC(=O)c1ccc(Cl)c(NC(=O)c2cc(C)ccn2)c1. The molecular formula is C15H13ClN2O3. The van der Waals surface area contributed by atoms with Gasteiger partial charge in [0, 0.05) is 6.20 Å². The van der Waals surface area contributed by atoms with Gasteiger partial charge in [-0.15, -0.1) is 0 Å². The van der Waals surface area contributed by atoms with E-state index in [4.69, 9.17) is 11.6 Å². The molecule has 1 aromatic heterocycles. The van der Waals surface area contributed by atoms with Gasteiger partial charge in [0.1, 0.15) is 5.69 Å². The predicted octanol–water partition coefficient (Wildman–Crippen LogP) is 3.08. The van der Waals surface area contributed by atoms with Crippen LogP contribution in [-0.2, 0) is 4.74 Å². The molecule has 6 heteroatoms. The summed E-state index contributed by atoms with van der Waals surface area (Å²) in [6.07, 6.45) is 1.55.